The zero-order valence-electron chi connectivity index (χ0n) is 20.6. The lowest BCUT2D eigenvalue weighted by atomic mass is 10.1. The summed E-state index contributed by atoms with van der Waals surface area (Å²) in [5.74, 6) is 0.952. The number of nitrogens with zero attached hydrogens (tertiary/aromatic N) is 1. The second-order valence-electron chi connectivity index (χ2n) is 9.06. The molecule has 0 aliphatic carbocycles. The minimum atomic E-state index is -0.164. The highest BCUT2D eigenvalue weighted by molar-refractivity contribution is 6.06. The molecule has 1 heterocycles. The molecule has 0 bridgehead atoms. The number of anilines is 1. The Hall–Kier alpha value is -4.58. The van der Waals surface area contributed by atoms with Gasteiger partial charge in [0.05, 0.1) is 13.0 Å². The van der Waals surface area contributed by atoms with Crippen LogP contribution < -0.4 is 19.7 Å². The van der Waals surface area contributed by atoms with Crippen molar-refractivity contribution in [3.63, 3.8) is 0 Å². The van der Waals surface area contributed by atoms with Gasteiger partial charge in [-0.25, -0.2) is 0 Å². The van der Waals surface area contributed by atoms with Gasteiger partial charge >= 0.3 is 0 Å². The van der Waals surface area contributed by atoms with Crippen LogP contribution in [0, 0.1) is 6.92 Å². The molecule has 1 aliphatic heterocycles. The summed E-state index contributed by atoms with van der Waals surface area (Å²) in [6, 6.07) is 30.7. The van der Waals surface area contributed by atoms with Gasteiger partial charge < -0.3 is 19.7 Å². The van der Waals surface area contributed by atoms with Crippen molar-refractivity contribution < 1.29 is 19.1 Å². The van der Waals surface area contributed by atoms with Gasteiger partial charge in [-0.3, -0.25) is 9.59 Å². The Bertz CT molecular complexity index is 1420. The van der Waals surface area contributed by atoms with Crippen LogP contribution >= 0.6 is 0 Å². The van der Waals surface area contributed by atoms with E-state index in [4.69, 9.17) is 9.47 Å². The Labute approximate surface area is 216 Å². The number of fused-ring (bicyclic) bond motifs is 1. The molecule has 1 aliphatic rings. The molecule has 6 heteroatoms. The number of benzene rings is 4. The fourth-order valence-electron chi connectivity index (χ4n) is 4.34. The molecule has 0 aromatic heterocycles. The maximum atomic E-state index is 13.7. The molecule has 0 saturated heterocycles. The summed E-state index contributed by atoms with van der Waals surface area (Å²) < 4.78 is 10.9. The first kappa shape index (κ1) is 24.1. The predicted molar refractivity (Wildman–Crippen MR) is 143 cm³/mol. The zero-order chi connectivity index (χ0) is 25.6. The van der Waals surface area contributed by atoms with E-state index in [0.29, 0.717) is 30.2 Å². The molecule has 5 rings (SSSR count). The normalized spacial score (nSPS) is 11.7. The van der Waals surface area contributed by atoms with Gasteiger partial charge in [0, 0.05) is 17.8 Å². The van der Waals surface area contributed by atoms with Crippen LogP contribution in [0.15, 0.2) is 97.1 Å². The third kappa shape index (κ3) is 5.98. The largest absolute Gasteiger partial charge is 0.454 e. The highest BCUT2D eigenvalue weighted by atomic mass is 16.7. The molecule has 1 N–H and O–H groups in total. The molecule has 37 heavy (non-hydrogen) atoms. The van der Waals surface area contributed by atoms with Gasteiger partial charge in [-0.1, -0.05) is 72.3 Å². The van der Waals surface area contributed by atoms with Crippen LogP contribution in [0.2, 0.25) is 0 Å². The second kappa shape index (κ2) is 11.0. The summed E-state index contributed by atoms with van der Waals surface area (Å²) in [4.78, 5) is 28.1. The minimum Gasteiger partial charge on any atom is -0.454 e. The molecule has 0 radical (unpaired) electrons. The Balaban J connectivity index is 1.36. The van der Waals surface area contributed by atoms with Crippen LogP contribution in [-0.4, -0.2) is 18.6 Å². The average Bonchev–Trinajstić information content (AvgIpc) is 3.39. The second-order valence-corrected chi connectivity index (χ2v) is 9.06. The van der Waals surface area contributed by atoms with Crippen LogP contribution in [-0.2, 0) is 24.3 Å². The third-order valence-electron chi connectivity index (χ3n) is 6.21. The van der Waals surface area contributed by atoms with E-state index in [9.17, 15) is 9.59 Å². The lowest BCUT2D eigenvalue weighted by Crippen LogP contribution is -2.30. The van der Waals surface area contributed by atoms with E-state index in [1.807, 2.05) is 79.7 Å². The highest BCUT2D eigenvalue weighted by Gasteiger charge is 2.22. The summed E-state index contributed by atoms with van der Waals surface area (Å²) in [6.07, 6.45) is 0.219. The molecule has 4 aromatic carbocycles. The van der Waals surface area contributed by atoms with E-state index in [2.05, 4.69) is 11.4 Å². The maximum Gasteiger partial charge on any atom is 0.258 e. The number of carbonyl (C=O) groups excluding carboxylic acids is 2. The highest BCUT2D eigenvalue weighted by Crippen LogP contribution is 2.33. The number of ether oxygens (including phenoxy) is 2. The smallest absolute Gasteiger partial charge is 0.258 e. The molecular formula is C31H28N2O4. The van der Waals surface area contributed by atoms with E-state index in [1.165, 1.54) is 0 Å². The van der Waals surface area contributed by atoms with Crippen LogP contribution in [0.25, 0.3) is 0 Å². The van der Waals surface area contributed by atoms with Gasteiger partial charge in [-0.05, 0) is 53.9 Å². The van der Waals surface area contributed by atoms with Gasteiger partial charge in [0.25, 0.3) is 5.91 Å². The fourth-order valence-corrected chi connectivity index (χ4v) is 4.34. The molecule has 0 unspecified atom stereocenters. The van der Waals surface area contributed by atoms with E-state index in [-0.39, 0.29) is 25.0 Å². The van der Waals surface area contributed by atoms with Crippen molar-refractivity contribution in [2.75, 3.05) is 11.7 Å². The van der Waals surface area contributed by atoms with Crippen LogP contribution in [0.1, 0.15) is 32.6 Å². The summed E-state index contributed by atoms with van der Waals surface area (Å²) in [5.41, 5.74) is 5.27. The monoisotopic (exact) mass is 492 g/mol. The minimum absolute atomic E-state index is 0.0737. The lowest BCUT2D eigenvalue weighted by Gasteiger charge is -2.24. The quantitative estimate of drug-likeness (QED) is 0.356. The topological polar surface area (TPSA) is 67.9 Å². The van der Waals surface area contributed by atoms with E-state index >= 15 is 0 Å². The van der Waals surface area contributed by atoms with Crippen molar-refractivity contribution in [2.24, 2.45) is 0 Å². The SMILES string of the molecule is Cc1cccc(CNC(=O)Cc2cccc(N(Cc3ccccc3)C(=O)c3ccc4c(c3)OCO4)c2)c1. The van der Waals surface area contributed by atoms with Crippen molar-refractivity contribution in [2.45, 2.75) is 26.4 Å². The maximum absolute atomic E-state index is 13.7. The Morgan fingerprint density at radius 1 is 0.784 bits per heavy atom. The number of hydrogen-bond donors (Lipinski definition) is 1. The number of rotatable bonds is 8. The fraction of sp³-hybridized carbons (Fsp3) is 0.161. The molecule has 6 nitrogen and oxygen atoms in total. The molecule has 0 saturated carbocycles. The first-order valence-corrected chi connectivity index (χ1v) is 12.2. The van der Waals surface area contributed by atoms with Gasteiger partial charge in [0.2, 0.25) is 12.7 Å². The van der Waals surface area contributed by atoms with Crippen molar-refractivity contribution in [3.8, 4) is 11.5 Å². The average molecular weight is 493 g/mol. The first-order chi connectivity index (χ1) is 18.0. The lowest BCUT2D eigenvalue weighted by molar-refractivity contribution is -0.120. The van der Waals surface area contributed by atoms with Crippen molar-refractivity contribution in [1.29, 1.82) is 0 Å². The van der Waals surface area contributed by atoms with Gasteiger partial charge in [-0.2, -0.15) is 0 Å². The summed E-state index contributed by atoms with van der Waals surface area (Å²) in [5, 5.41) is 2.99. The number of nitrogens with one attached hydrogen (secondary N) is 1. The molecule has 186 valence electrons. The molecule has 0 spiro atoms. The predicted octanol–water partition coefficient (Wildman–Crippen LogP) is 5.43. The van der Waals surface area contributed by atoms with Crippen molar-refractivity contribution >= 4 is 17.5 Å². The summed E-state index contributed by atoms with van der Waals surface area (Å²) >= 11 is 0. The van der Waals surface area contributed by atoms with Gasteiger partial charge in [0.1, 0.15) is 0 Å². The Kier molecular flexibility index (Phi) is 7.17. The number of aryl methyl sites for hydroxylation is 1. The summed E-state index contributed by atoms with van der Waals surface area (Å²) in [6.45, 7) is 3.04. The molecule has 0 atom stereocenters. The number of carbonyl (C=O) groups is 2. The van der Waals surface area contributed by atoms with Crippen LogP contribution in [0.4, 0.5) is 5.69 Å². The van der Waals surface area contributed by atoms with Gasteiger partial charge in [0.15, 0.2) is 11.5 Å². The molecule has 0 fully saturated rings. The van der Waals surface area contributed by atoms with Crippen molar-refractivity contribution in [1.82, 2.24) is 5.32 Å². The number of amides is 2. The summed E-state index contributed by atoms with van der Waals surface area (Å²) in [7, 11) is 0. The van der Waals surface area contributed by atoms with Crippen LogP contribution in [0.5, 0.6) is 11.5 Å². The van der Waals surface area contributed by atoms with Crippen LogP contribution in [0.3, 0.4) is 0 Å². The Morgan fingerprint density at radius 3 is 2.38 bits per heavy atom. The third-order valence-corrected chi connectivity index (χ3v) is 6.21. The standard InChI is InChI=1S/C31H28N2O4/c1-22-7-5-11-25(15-22)19-32-30(34)17-24-10-6-12-27(16-24)33(20-23-8-3-2-4-9-23)31(35)26-13-14-28-29(18-26)37-21-36-28/h2-16,18H,17,19-21H2,1H3,(H,32,34). The molecule has 2 amide bonds. The van der Waals surface area contributed by atoms with Crippen molar-refractivity contribution in [3.05, 3.63) is 125 Å². The molecular weight excluding hydrogens is 464 g/mol. The first-order valence-electron chi connectivity index (χ1n) is 12.2. The van der Waals surface area contributed by atoms with E-state index in [1.54, 1.807) is 23.1 Å². The zero-order valence-corrected chi connectivity index (χ0v) is 20.6. The Morgan fingerprint density at radius 2 is 1.54 bits per heavy atom. The number of hydrogen-bond acceptors (Lipinski definition) is 4. The van der Waals surface area contributed by atoms with E-state index < -0.39 is 0 Å². The molecule has 4 aromatic rings. The van der Waals surface area contributed by atoms with Gasteiger partial charge in [-0.15, -0.1) is 0 Å². The van der Waals surface area contributed by atoms with E-state index in [0.717, 1.165) is 27.9 Å².